The summed E-state index contributed by atoms with van der Waals surface area (Å²) >= 11 is 3.40. The van der Waals surface area contributed by atoms with Gasteiger partial charge in [0.25, 0.3) is 5.91 Å². The number of esters is 1. The summed E-state index contributed by atoms with van der Waals surface area (Å²) in [7, 11) is 0. The van der Waals surface area contributed by atoms with Crippen LogP contribution in [0.25, 0.3) is 0 Å². The molecule has 3 aromatic rings. The Hall–Kier alpha value is -3.65. The number of nitrogens with one attached hydrogen (secondary N) is 1. The van der Waals surface area contributed by atoms with Crippen molar-refractivity contribution in [3.63, 3.8) is 0 Å². The fourth-order valence-electron chi connectivity index (χ4n) is 3.08. The average Bonchev–Trinajstić information content (AvgIpc) is 2.88. The second-order valence-corrected chi connectivity index (χ2v) is 9.17. The lowest BCUT2D eigenvalue weighted by molar-refractivity contribution is -0.123. The molecule has 3 aromatic carbocycles. The molecule has 0 atom stereocenters. The zero-order chi connectivity index (χ0) is 25.9. The second-order valence-electron chi connectivity index (χ2n) is 8.25. The molecule has 1 amide bonds. The molecule has 0 aliphatic carbocycles. The molecule has 188 valence electrons. The lowest BCUT2D eigenvalue weighted by atomic mass is 10.0. The van der Waals surface area contributed by atoms with Crippen molar-refractivity contribution in [2.24, 2.45) is 5.10 Å². The van der Waals surface area contributed by atoms with E-state index < -0.39 is 11.9 Å². The molecule has 0 bridgehead atoms. The lowest BCUT2D eigenvalue weighted by Crippen LogP contribution is -2.24. The predicted molar refractivity (Wildman–Crippen MR) is 143 cm³/mol. The monoisotopic (exact) mass is 552 g/mol. The van der Waals surface area contributed by atoms with E-state index in [0.29, 0.717) is 40.9 Å². The van der Waals surface area contributed by atoms with E-state index in [9.17, 15) is 9.59 Å². The minimum Gasteiger partial charge on any atom is -0.494 e. The van der Waals surface area contributed by atoms with Gasteiger partial charge in [0.2, 0.25) is 0 Å². The Balaban J connectivity index is 1.57. The van der Waals surface area contributed by atoms with Crippen molar-refractivity contribution >= 4 is 34.0 Å². The van der Waals surface area contributed by atoms with Crippen molar-refractivity contribution in [1.29, 1.82) is 0 Å². The Morgan fingerprint density at radius 3 is 2.31 bits per heavy atom. The van der Waals surface area contributed by atoms with Crippen LogP contribution in [-0.2, 0) is 4.79 Å². The van der Waals surface area contributed by atoms with Gasteiger partial charge in [0.05, 0.1) is 18.4 Å². The van der Waals surface area contributed by atoms with E-state index in [1.165, 1.54) is 11.8 Å². The first kappa shape index (κ1) is 26.9. The van der Waals surface area contributed by atoms with Gasteiger partial charge < -0.3 is 14.2 Å². The molecule has 36 heavy (non-hydrogen) atoms. The van der Waals surface area contributed by atoms with Gasteiger partial charge in [0, 0.05) is 10.0 Å². The largest absolute Gasteiger partial charge is 0.494 e. The Morgan fingerprint density at radius 2 is 1.64 bits per heavy atom. The molecule has 8 heteroatoms. The van der Waals surface area contributed by atoms with E-state index in [4.69, 9.17) is 14.2 Å². The first-order valence-corrected chi connectivity index (χ1v) is 12.4. The number of carbonyl (C=O) groups is 2. The summed E-state index contributed by atoms with van der Waals surface area (Å²) in [6, 6.07) is 19.5. The summed E-state index contributed by atoms with van der Waals surface area (Å²) in [5.74, 6) is 1.08. The standard InChI is InChI=1S/C28H29BrN2O5/c1-4-15-34-24-12-7-21(8-13-24)28(33)36-26-14-9-23(29)16-22(26)17-30-31-27(32)18-35-25-10-5-20(6-11-25)19(2)3/h5-14,16-17,19H,4,15,18H2,1-3H3,(H,31,32)/b30-17+. The summed E-state index contributed by atoms with van der Waals surface area (Å²) in [6.45, 7) is 6.67. The van der Waals surface area contributed by atoms with Crippen molar-refractivity contribution in [1.82, 2.24) is 5.43 Å². The number of amides is 1. The van der Waals surface area contributed by atoms with Gasteiger partial charge in [-0.1, -0.05) is 48.8 Å². The predicted octanol–water partition coefficient (Wildman–Crippen LogP) is 6.11. The molecule has 0 aliphatic rings. The summed E-state index contributed by atoms with van der Waals surface area (Å²) in [5.41, 5.74) is 4.51. The molecule has 0 heterocycles. The third kappa shape index (κ3) is 8.23. The van der Waals surface area contributed by atoms with Crippen molar-refractivity contribution in [3.05, 3.63) is 87.9 Å². The van der Waals surface area contributed by atoms with Crippen molar-refractivity contribution in [2.75, 3.05) is 13.2 Å². The van der Waals surface area contributed by atoms with Crippen LogP contribution in [0, 0.1) is 0 Å². The molecule has 0 unspecified atom stereocenters. The zero-order valence-electron chi connectivity index (χ0n) is 20.5. The van der Waals surface area contributed by atoms with Gasteiger partial charge in [0.15, 0.2) is 6.61 Å². The molecule has 0 radical (unpaired) electrons. The highest BCUT2D eigenvalue weighted by Gasteiger charge is 2.12. The SMILES string of the molecule is CCCOc1ccc(C(=O)Oc2ccc(Br)cc2/C=N/NC(=O)COc2ccc(C(C)C)cc2)cc1. The summed E-state index contributed by atoms with van der Waals surface area (Å²) in [4.78, 5) is 24.8. The number of halogens is 1. The van der Waals surface area contributed by atoms with Crippen LogP contribution >= 0.6 is 15.9 Å². The number of rotatable bonds is 11. The van der Waals surface area contributed by atoms with Gasteiger partial charge in [0.1, 0.15) is 17.2 Å². The maximum atomic E-state index is 12.6. The third-order valence-corrected chi connectivity index (χ3v) is 5.54. The van der Waals surface area contributed by atoms with E-state index in [1.807, 2.05) is 31.2 Å². The van der Waals surface area contributed by atoms with E-state index >= 15 is 0 Å². The highest BCUT2D eigenvalue weighted by Crippen LogP contribution is 2.23. The minimum atomic E-state index is -0.519. The fraction of sp³-hybridized carbons (Fsp3) is 0.250. The van der Waals surface area contributed by atoms with Crippen molar-refractivity contribution < 1.29 is 23.8 Å². The Morgan fingerprint density at radius 1 is 0.972 bits per heavy atom. The van der Waals surface area contributed by atoms with E-state index in [2.05, 4.69) is 40.3 Å². The van der Waals surface area contributed by atoms with Crippen LogP contribution in [0.4, 0.5) is 0 Å². The van der Waals surface area contributed by atoms with Crippen molar-refractivity contribution in [3.8, 4) is 17.2 Å². The number of carbonyl (C=O) groups excluding carboxylic acids is 2. The van der Waals surface area contributed by atoms with E-state index in [1.54, 1.807) is 42.5 Å². The highest BCUT2D eigenvalue weighted by atomic mass is 79.9. The average molecular weight is 553 g/mol. The number of hydrogen-bond donors (Lipinski definition) is 1. The van der Waals surface area contributed by atoms with E-state index in [-0.39, 0.29) is 6.61 Å². The molecule has 0 saturated heterocycles. The molecule has 0 fully saturated rings. The summed E-state index contributed by atoms with van der Waals surface area (Å²) in [6.07, 6.45) is 2.31. The van der Waals surface area contributed by atoms with Crippen LogP contribution in [0.2, 0.25) is 0 Å². The molecule has 1 N–H and O–H groups in total. The van der Waals surface area contributed by atoms with Crippen LogP contribution < -0.4 is 19.6 Å². The maximum Gasteiger partial charge on any atom is 0.343 e. The molecular weight excluding hydrogens is 524 g/mol. The van der Waals surface area contributed by atoms with Gasteiger partial charge in [-0.15, -0.1) is 0 Å². The van der Waals surface area contributed by atoms with Gasteiger partial charge in [-0.25, -0.2) is 10.2 Å². The first-order chi connectivity index (χ1) is 17.4. The Kier molecular flexibility index (Phi) is 10.1. The van der Waals surface area contributed by atoms with E-state index in [0.717, 1.165) is 10.9 Å². The van der Waals surface area contributed by atoms with Crippen LogP contribution in [0.5, 0.6) is 17.2 Å². The fourth-order valence-corrected chi connectivity index (χ4v) is 3.46. The topological polar surface area (TPSA) is 86.2 Å². The zero-order valence-corrected chi connectivity index (χ0v) is 22.1. The van der Waals surface area contributed by atoms with Gasteiger partial charge >= 0.3 is 5.97 Å². The highest BCUT2D eigenvalue weighted by molar-refractivity contribution is 9.10. The molecule has 0 spiro atoms. The van der Waals surface area contributed by atoms with Crippen LogP contribution in [0.3, 0.4) is 0 Å². The smallest absolute Gasteiger partial charge is 0.343 e. The molecule has 3 rings (SSSR count). The molecule has 7 nitrogen and oxygen atoms in total. The van der Waals surface area contributed by atoms with Gasteiger partial charge in [-0.05, 0) is 72.5 Å². The molecule has 0 saturated carbocycles. The quantitative estimate of drug-likeness (QED) is 0.134. The number of hydrogen-bond acceptors (Lipinski definition) is 6. The van der Waals surface area contributed by atoms with Crippen LogP contribution in [0.15, 0.2) is 76.3 Å². The van der Waals surface area contributed by atoms with Gasteiger partial charge in [-0.3, -0.25) is 4.79 Å². The molecule has 0 aromatic heterocycles. The number of nitrogens with zero attached hydrogens (tertiary/aromatic N) is 1. The summed E-state index contributed by atoms with van der Waals surface area (Å²) < 4.78 is 17.4. The first-order valence-electron chi connectivity index (χ1n) is 11.6. The van der Waals surface area contributed by atoms with Crippen LogP contribution in [0.1, 0.15) is 54.6 Å². The maximum absolute atomic E-state index is 12.6. The number of hydrazone groups is 1. The van der Waals surface area contributed by atoms with Crippen LogP contribution in [-0.4, -0.2) is 31.3 Å². The summed E-state index contributed by atoms with van der Waals surface area (Å²) in [5, 5.41) is 3.98. The minimum absolute atomic E-state index is 0.184. The molecule has 0 aliphatic heterocycles. The third-order valence-electron chi connectivity index (χ3n) is 5.05. The second kappa shape index (κ2) is 13.4. The number of benzene rings is 3. The van der Waals surface area contributed by atoms with Crippen molar-refractivity contribution in [2.45, 2.75) is 33.1 Å². The normalized spacial score (nSPS) is 10.9. The Bertz CT molecular complexity index is 1190. The number of ether oxygens (including phenoxy) is 3. The Labute approximate surface area is 219 Å². The molecular formula is C28H29BrN2O5. The van der Waals surface area contributed by atoms with Gasteiger partial charge in [-0.2, -0.15) is 5.10 Å². The lowest BCUT2D eigenvalue weighted by Gasteiger charge is -2.09.